The summed E-state index contributed by atoms with van der Waals surface area (Å²) in [5, 5.41) is 0. The van der Waals surface area contributed by atoms with Gasteiger partial charge >= 0.3 is 0 Å². The topological polar surface area (TPSA) is 34.1 Å². The molecule has 0 amide bonds. The van der Waals surface area contributed by atoms with Crippen LogP contribution >= 0.6 is 0 Å². The number of allylic oxidation sites excluding steroid dienone is 4. The molecule has 0 radical (unpaired) electrons. The van der Waals surface area contributed by atoms with E-state index in [0.29, 0.717) is 6.29 Å². The van der Waals surface area contributed by atoms with Crippen LogP contribution < -0.4 is 0 Å². The zero-order valence-corrected chi connectivity index (χ0v) is 11.0. The van der Waals surface area contributed by atoms with Crippen LogP contribution in [0.3, 0.4) is 0 Å². The largest absolute Gasteiger partial charge is 0.303 e. The Morgan fingerprint density at radius 3 is 2.19 bits per heavy atom. The molecule has 0 bridgehead atoms. The zero-order valence-electron chi connectivity index (χ0n) is 11.0. The molecule has 90 valence electrons. The summed E-state index contributed by atoms with van der Waals surface area (Å²) in [7, 11) is 0. The average Bonchev–Trinajstić information content (AvgIpc) is 1.98. The lowest BCUT2D eigenvalue weighted by atomic mass is 9.84. The van der Waals surface area contributed by atoms with Crippen molar-refractivity contribution < 1.29 is 9.59 Å². The minimum absolute atomic E-state index is 0.0135. The molecular weight excluding hydrogens is 200 g/mol. The third-order valence-corrected chi connectivity index (χ3v) is 2.11. The average molecular weight is 222 g/mol. The van der Waals surface area contributed by atoms with Crippen LogP contribution in [0.4, 0.5) is 0 Å². The first kappa shape index (κ1) is 14.8. The van der Waals surface area contributed by atoms with Gasteiger partial charge in [-0.15, -0.1) is 0 Å². The van der Waals surface area contributed by atoms with E-state index in [1.807, 2.05) is 6.92 Å². The molecule has 0 fully saturated rings. The quantitative estimate of drug-likeness (QED) is 0.298. The fourth-order valence-corrected chi connectivity index (χ4v) is 2.02. The summed E-state index contributed by atoms with van der Waals surface area (Å²) in [6.45, 7) is 10.4. The van der Waals surface area contributed by atoms with Crippen molar-refractivity contribution in [2.45, 2.75) is 47.5 Å². The Bertz CT molecular complexity index is 316. The number of carbonyl (C=O) groups excluding carboxylic acids is 2. The maximum Gasteiger partial charge on any atom is 0.162 e. The minimum atomic E-state index is -0.111. The highest BCUT2D eigenvalue weighted by atomic mass is 16.1. The molecule has 0 atom stereocenters. The van der Waals surface area contributed by atoms with Crippen molar-refractivity contribution in [3.63, 3.8) is 0 Å². The van der Waals surface area contributed by atoms with E-state index in [-0.39, 0.29) is 17.6 Å². The van der Waals surface area contributed by atoms with Gasteiger partial charge in [0.25, 0.3) is 0 Å². The van der Waals surface area contributed by atoms with Gasteiger partial charge in [-0.25, -0.2) is 0 Å². The molecule has 0 aliphatic heterocycles. The highest BCUT2D eigenvalue weighted by Gasteiger charge is 2.15. The number of carbonyl (C=O) groups is 2. The first-order valence-electron chi connectivity index (χ1n) is 5.56. The molecule has 2 heteroatoms. The summed E-state index contributed by atoms with van der Waals surface area (Å²) < 4.78 is 0. The first-order chi connectivity index (χ1) is 7.26. The van der Waals surface area contributed by atoms with E-state index in [9.17, 15) is 9.59 Å². The van der Waals surface area contributed by atoms with Gasteiger partial charge in [-0.2, -0.15) is 0 Å². The van der Waals surface area contributed by atoms with E-state index in [0.717, 1.165) is 12.0 Å². The van der Waals surface area contributed by atoms with E-state index in [2.05, 4.69) is 33.8 Å². The molecule has 0 saturated heterocycles. The van der Waals surface area contributed by atoms with Crippen LogP contribution in [-0.2, 0) is 9.59 Å². The van der Waals surface area contributed by atoms with Crippen LogP contribution in [0.2, 0.25) is 0 Å². The number of aldehydes is 1. The number of hydrogen-bond donors (Lipinski definition) is 0. The Hall–Kier alpha value is -1.18. The van der Waals surface area contributed by atoms with Crippen molar-refractivity contribution in [2.75, 3.05) is 0 Å². The monoisotopic (exact) mass is 222 g/mol. The lowest BCUT2D eigenvalue weighted by molar-refractivity contribution is -0.118. The predicted octanol–water partition coefficient (Wildman–Crippen LogP) is 3.47. The molecule has 0 aromatic carbocycles. The van der Waals surface area contributed by atoms with Gasteiger partial charge in [-0.3, -0.25) is 4.79 Å². The van der Waals surface area contributed by atoms with Crippen LogP contribution in [0.15, 0.2) is 23.3 Å². The van der Waals surface area contributed by atoms with Gasteiger partial charge in [-0.1, -0.05) is 31.1 Å². The molecule has 0 rings (SSSR count). The Kier molecular flexibility index (Phi) is 5.94. The molecule has 0 saturated carbocycles. The van der Waals surface area contributed by atoms with Crippen molar-refractivity contribution in [1.82, 2.24) is 0 Å². The summed E-state index contributed by atoms with van der Waals surface area (Å²) in [6, 6.07) is 0. The van der Waals surface area contributed by atoms with E-state index < -0.39 is 0 Å². The lowest BCUT2D eigenvalue weighted by Gasteiger charge is -2.21. The highest BCUT2D eigenvalue weighted by molar-refractivity contribution is 5.98. The molecular formula is C14H22O2. The summed E-state index contributed by atoms with van der Waals surface area (Å²) in [5.41, 5.74) is 2.35. The van der Waals surface area contributed by atoms with Crippen molar-refractivity contribution in [1.29, 1.82) is 0 Å². The third kappa shape index (κ3) is 7.16. The van der Waals surface area contributed by atoms with Gasteiger partial charge in [0.2, 0.25) is 0 Å². The maximum absolute atomic E-state index is 11.2. The lowest BCUT2D eigenvalue weighted by Crippen LogP contribution is -2.09. The highest BCUT2D eigenvalue weighted by Crippen LogP contribution is 2.27. The molecule has 0 aromatic heterocycles. The number of hydrogen-bond acceptors (Lipinski definition) is 2. The first-order valence-corrected chi connectivity index (χ1v) is 5.56. The van der Waals surface area contributed by atoms with Gasteiger partial charge in [0.05, 0.1) is 6.42 Å². The van der Waals surface area contributed by atoms with Crippen molar-refractivity contribution in [3.05, 3.63) is 23.3 Å². The van der Waals surface area contributed by atoms with Crippen LogP contribution in [0, 0.1) is 5.41 Å². The number of rotatable bonds is 6. The molecule has 0 N–H and O–H groups in total. The van der Waals surface area contributed by atoms with E-state index in [1.54, 1.807) is 6.08 Å². The standard InChI is InChI=1S/C14H22O2/c1-11(2)9-14(4,5)10-12(3)8-13(16)6-7-15/h7-9H,6,10H2,1-5H3. The molecule has 0 aliphatic carbocycles. The van der Waals surface area contributed by atoms with Crippen LogP contribution in [0.1, 0.15) is 47.5 Å². The fraction of sp³-hybridized carbons (Fsp3) is 0.571. The van der Waals surface area contributed by atoms with Crippen molar-refractivity contribution in [3.8, 4) is 0 Å². The van der Waals surface area contributed by atoms with Crippen LogP contribution in [0.5, 0.6) is 0 Å². The van der Waals surface area contributed by atoms with Gasteiger partial charge in [-0.05, 0) is 38.7 Å². The molecule has 0 unspecified atom stereocenters. The van der Waals surface area contributed by atoms with Crippen LogP contribution in [0.25, 0.3) is 0 Å². The Balaban J connectivity index is 4.55. The van der Waals surface area contributed by atoms with E-state index in [1.165, 1.54) is 5.57 Å². The minimum Gasteiger partial charge on any atom is -0.303 e. The predicted molar refractivity (Wildman–Crippen MR) is 67.3 cm³/mol. The second kappa shape index (κ2) is 6.41. The molecule has 0 aromatic rings. The van der Waals surface area contributed by atoms with Gasteiger partial charge in [0.15, 0.2) is 5.78 Å². The summed E-state index contributed by atoms with van der Waals surface area (Å²) >= 11 is 0. The van der Waals surface area contributed by atoms with Crippen LogP contribution in [-0.4, -0.2) is 12.1 Å². The van der Waals surface area contributed by atoms with Crippen molar-refractivity contribution >= 4 is 12.1 Å². The maximum atomic E-state index is 11.2. The Morgan fingerprint density at radius 1 is 1.19 bits per heavy atom. The molecule has 16 heavy (non-hydrogen) atoms. The normalized spacial score (nSPS) is 12.2. The molecule has 2 nitrogen and oxygen atoms in total. The zero-order chi connectivity index (χ0) is 12.8. The smallest absolute Gasteiger partial charge is 0.162 e. The summed E-state index contributed by atoms with van der Waals surface area (Å²) in [4.78, 5) is 21.4. The summed E-state index contributed by atoms with van der Waals surface area (Å²) in [5.74, 6) is -0.111. The number of ketones is 1. The third-order valence-electron chi connectivity index (χ3n) is 2.11. The second-order valence-electron chi connectivity index (χ2n) is 5.21. The van der Waals surface area contributed by atoms with Crippen molar-refractivity contribution in [2.24, 2.45) is 5.41 Å². The Labute approximate surface area is 98.4 Å². The SMILES string of the molecule is CC(C)=CC(C)(C)CC(C)=CC(=O)CC=O. The van der Waals surface area contributed by atoms with E-state index in [4.69, 9.17) is 0 Å². The second-order valence-corrected chi connectivity index (χ2v) is 5.21. The summed E-state index contributed by atoms with van der Waals surface area (Å²) in [6.07, 6.45) is 5.25. The fourth-order valence-electron chi connectivity index (χ4n) is 2.02. The molecule has 0 aliphatic rings. The van der Waals surface area contributed by atoms with Gasteiger partial charge in [0.1, 0.15) is 6.29 Å². The molecule has 0 heterocycles. The molecule has 0 spiro atoms. The van der Waals surface area contributed by atoms with Gasteiger partial charge in [0, 0.05) is 0 Å². The van der Waals surface area contributed by atoms with E-state index >= 15 is 0 Å². The Morgan fingerprint density at radius 2 is 1.75 bits per heavy atom. The van der Waals surface area contributed by atoms with Gasteiger partial charge < -0.3 is 4.79 Å².